The van der Waals surface area contributed by atoms with E-state index in [1.807, 2.05) is 32.9 Å². The van der Waals surface area contributed by atoms with Gasteiger partial charge in [-0.05, 0) is 94.9 Å². The topological polar surface area (TPSA) is 140 Å². The number of aliphatic hydroxyl groups is 1. The van der Waals surface area contributed by atoms with E-state index >= 15 is 0 Å². The molecule has 1 heterocycles. The zero-order valence-corrected chi connectivity index (χ0v) is 25.9. The third-order valence-corrected chi connectivity index (χ3v) is 6.66. The van der Waals surface area contributed by atoms with Gasteiger partial charge in [0.1, 0.15) is 12.4 Å². The molecule has 2 aromatic carbocycles. The first kappa shape index (κ1) is 31.2. The number of esters is 1. The van der Waals surface area contributed by atoms with E-state index in [9.17, 15) is 14.7 Å². The Bertz CT molecular complexity index is 1280. The summed E-state index contributed by atoms with van der Waals surface area (Å²) in [6.07, 6.45) is 0.452. The Labute approximate surface area is 249 Å². The fourth-order valence-electron chi connectivity index (χ4n) is 3.82. The standard InChI is InChI=1S/C27H32Br2N4O7/c1-6-38-21-11-17(24-23(26(35)37-5)15(4)31-27(36)32-24)7-8-20(21)39-13-22(34)33-30-12-16-9-18(28)25(19(29)10-16)40-14(2)3/h7-12,14,22,24,33-34H,6,13H2,1-5H3,(H2,31,32,36)/b30-12+/t22-,24+/m0/s1. The SMILES string of the molecule is CCOc1cc([C@H]2NC(=O)NC(C)=C2C(=O)OC)ccc1OC[C@H](O)N/N=C/c1cc(Br)c(OC(C)C)c(Br)c1. The minimum atomic E-state index is -1.12. The summed E-state index contributed by atoms with van der Waals surface area (Å²) in [5.74, 6) is 0.871. The van der Waals surface area contributed by atoms with E-state index in [2.05, 4.69) is 53.0 Å². The smallest absolute Gasteiger partial charge is 0.337 e. The molecule has 0 unspecified atom stereocenters. The predicted octanol–water partition coefficient (Wildman–Crippen LogP) is 4.52. The van der Waals surface area contributed by atoms with E-state index in [1.165, 1.54) is 7.11 Å². The first-order chi connectivity index (χ1) is 19.0. The molecule has 0 saturated carbocycles. The van der Waals surface area contributed by atoms with Crippen LogP contribution in [-0.2, 0) is 9.53 Å². The fourth-order valence-corrected chi connectivity index (χ4v) is 5.23. The summed E-state index contributed by atoms with van der Waals surface area (Å²) in [5.41, 5.74) is 4.65. The average molecular weight is 684 g/mol. The van der Waals surface area contributed by atoms with Crippen molar-refractivity contribution in [3.63, 3.8) is 0 Å². The molecule has 13 heteroatoms. The van der Waals surface area contributed by atoms with Crippen LogP contribution >= 0.6 is 31.9 Å². The zero-order valence-electron chi connectivity index (χ0n) is 22.7. The molecule has 0 radical (unpaired) electrons. The molecule has 1 aliphatic heterocycles. The van der Waals surface area contributed by atoms with Gasteiger partial charge >= 0.3 is 12.0 Å². The Morgan fingerprint density at radius 1 is 1.18 bits per heavy atom. The lowest BCUT2D eigenvalue weighted by atomic mass is 9.95. The van der Waals surface area contributed by atoms with Crippen molar-refractivity contribution in [1.82, 2.24) is 16.1 Å². The molecule has 3 rings (SSSR count). The highest BCUT2D eigenvalue weighted by atomic mass is 79.9. The number of rotatable bonds is 12. The van der Waals surface area contributed by atoms with Crippen molar-refractivity contribution in [3.8, 4) is 17.2 Å². The van der Waals surface area contributed by atoms with Crippen LogP contribution in [0.4, 0.5) is 4.79 Å². The summed E-state index contributed by atoms with van der Waals surface area (Å²) in [5, 5.41) is 19.8. The number of carbonyl (C=O) groups is 2. The van der Waals surface area contributed by atoms with E-state index in [0.29, 0.717) is 35.1 Å². The number of urea groups is 1. The fraction of sp³-hybridized carbons (Fsp3) is 0.370. The normalized spacial score (nSPS) is 15.9. The van der Waals surface area contributed by atoms with Gasteiger partial charge in [0.05, 0.1) is 46.6 Å². The Morgan fingerprint density at radius 2 is 1.88 bits per heavy atom. The van der Waals surface area contributed by atoms with Crippen LogP contribution in [0.15, 0.2) is 55.6 Å². The first-order valence-corrected chi connectivity index (χ1v) is 14.0. The van der Waals surface area contributed by atoms with Gasteiger partial charge in [0.15, 0.2) is 17.7 Å². The van der Waals surface area contributed by atoms with Gasteiger partial charge in [-0.25, -0.2) is 9.59 Å². The molecule has 2 aromatic rings. The van der Waals surface area contributed by atoms with Crippen LogP contribution in [0.5, 0.6) is 17.2 Å². The molecule has 216 valence electrons. The van der Waals surface area contributed by atoms with Crippen molar-refractivity contribution >= 4 is 50.1 Å². The van der Waals surface area contributed by atoms with Gasteiger partial charge in [-0.15, -0.1) is 0 Å². The number of hydrazone groups is 1. The number of nitrogens with one attached hydrogen (secondary N) is 3. The van der Waals surface area contributed by atoms with Crippen LogP contribution in [0.2, 0.25) is 0 Å². The van der Waals surface area contributed by atoms with E-state index < -0.39 is 24.3 Å². The highest BCUT2D eigenvalue weighted by Crippen LogP contribution is 2.36. The maximum atomic E-state index is 12.4. The molecule has 0 bridgehead atoms. The van der Waals surface area contributed by atoms with Gasteiger partial charge < -0.3 is 34.7 Å². The molecule has 2 atom stereocenters. The number of benzene rings is 2. The van der Waals surface area contributed by atoms with Gasteiger partial charge in [0.25, 0.3) is 0 Å². The summed E-state index contributed by atoms with van der Waals surface area (Å²) in [6.45, 7) is 7.54. The maximum Gasteiger partial charge on any atom is 0.337 e. The van der Waals surface area contributed by atoms with E-state index in [-0.39, 0.29) is 18.3 Å². The number of amides is 2. The third kappa shape index (κ3) is 8.12. The molecule has 4 N–H and O–H groups in total. The van der Waals surface area contributed by atoms with Crippen LogP contribution < -0.4 is 30.3 Å². The summed E-state index contributed by atoms with van der Waals surface area (Å²) in [7, 11) is 1.28. The minimum absolute atomic E-state index is 0.0205. The summed E-state index contributed by atoms with van der Waals surface area (Å²) >= 11 is 7.00. The molecular weight excluding hydrogens is 652 g/mol. The van der Waals surface area contributed by atoms with E-state index in [1.54, 1.807) is 31.3 Å². The monoisotopic (exact) mass is 682 g/mol. The lowest BCUT2D eigenvalue weighted by molar-refractivity contribution is -0.136. The van der Waals surface area contributed by atoms with E-state index in [4.69, 9.17) is 18.9 Å². The lowest BCUT2D eigenvalue weighted by Gasteiger charge is -2.28. The Balaban J connectivity index is 1.68. The number of hydrogen-bond acceptors (Lipinski definition) is 9. The Kier molecular flexibility index (Phi) is 11.2. The summed E-state index contributed by atoms with van der Waals surface area (Å²) in [4.78, 5) is 24.5. The van der Waals surface area contributed by atoms with Gasteiger partial charge in [-0.3, -0.25) is 5.43 Å². The Hall–Kier alpha value is -3.29. The molecule has 40 heavy (non-hydrogen) atoms. The van der Waals surface area contributed by atoms with Crippen LogP contribution in [0.25, 0.3) is 0 Å². The molecule has 2 amide bonds. The third-order valence-electron chi connectivity index (χ3n) is 5.48. The largest absolute Gasteiger partial charge is 0.490 e. The second-order valence-electron chi connectivity index (χ2n) is 8.90. The Morgan fingerprint density at radius 3 is 2.50 bits per heavy atom. The lowest BCUT2D eigenvalue weighted by Crippen LogP contribution is -2.45. The van der Waals surface area contributed by atoms with Crippen molar-refractivity contribution in [2.45, 2.75) is 46.1 Å². The predicted molar refractivity (Wildman–Crippen MR) is 157 cm³/mol. The maximum absolute atomic E-state index is 12.4. The van der Waals surface area contributed by atoms with Gasteiger partial charge in [-0.1, -0.05) is 6.07 Å². The molecule has 0 aliphatic carbocycles. The molecule has 1 aliphatic rings. The molecule has 0 saturated heterocycles. The number of allylic oxidation sites excluding steroid dienone is 1. The minimum Gasteiger partial charge on any atom is -0.490 e. The van der Waals surface area contributed by atoms with Crippen LogP contribution in [0.1, 0.15) is 44.9 Å². The molecule has 11 nitrogen and oxygen atoms in total. The van der Waals surface area contributed by atoms with Crippen molar-refractivity contribution in [3.05, 3.63) is 61.7 Å². The quantitative estimate of drug-likeness (QED) is 0.111. The molecular formula is C27H32Br2N4O7. The number of methoxy groups -OCH3 is 1. The molecule has 0 spiro atoms. The number of nitrogens with zero attached hydrogens (tertiary/aromatic N) is 1. The number of hydrogen-bond donors (Lipinski definition) is 4. The summed E-state index contributed by atoms with van der Waals surface area (Å²) < 4.78 is 23.7. The van der Waals surface area contributed by atoms with E-state index in [0.717, 1.165) is 14.5 Å². The second-order valence-corrected chi connectivity index (χ2v) is 10.6. The van der Waals surface area contributed by atoms with Crippen molar-refractivity contribution in [2.24, 2.45) is 5.10 Å². The average Bonchev–Trinajstić information content (AvgIpc) is 2.89. The van der Waals surface area contributed by atoms with Crippen molar-refractivity contribution in [2.75, 3.05) is 20.3 Å². The first-order valence-electron chi connectivity index (χ1n) is 12.4. The second kappa shape index (κ2) is 14.4. The van der Waals surface area contributed by atoms with Crippen LogP contribution in [0, 0.1) is 0 Å². The number of carbonyl (C=O) groups excluding carboxylic acids is 2. The molecule has 0 aromatic heterocycles. The number of halogens is 2. The van der Waals surface area contributed by atoms with Crippen molar-refractivity contribution in [1.29, 1.82) is 0 Å². The van der Waals surface area contributed by atoms with Crippen molar-refractivity contribution < 1.29 is 33.6 Å². The highest BCUT2D eigenvalue weighted by molar-refractivity contribution is 9.11. The summed E-state index contributed by atoms with van der Waals surface area (Å²) in [6, 6.07) is 7.52. The van der Waals surface area contributed by atoms with Crippen LogP contribution in [0.3, 0.4) is 0 Å². The van der Waals surface area contributed by atoms with Gasteiger partial charge in [0.2, 0.25) is 0 Å². The van der Waals surface area contributed by atoms with Crippen LogP contribution in [-0.4, -0.2) is 56.0 Å². The van der Waals surface area contributed by atoms with Gasteiger partial charge in [0, 0.05) is 5.70 Å². The number of ether oxygens (including phenoxy) is 4. The zero-order chi connectivity index (χ0) is 29.4. The number of aliphatic hydroxyl groups excluding tert-OH is 1. The molecule has 0 fully saturated rings. The highest BCUT2D eigenvalue weighted by Gasteiger charge is 2.32. The van der Waals surface area contributed by atoms with Gasteiger partial charge in [-0.2, -0.15) is 5.10 Å².